The second-order valence-electron chi connectivity index (χ2n) is 5.13. The number of nitro benzene ring substituents is 1. The van der Waals surface area contributed by atoms with E-state index in [9.17, 15) is 19.7 Å². The first kappa shape index (κ1) is 18.7. The number of rotatable bonds is 6. The van der Waals surface area contributed by atoms with Crippen LogP contribution in [0.5, 0.6) is 11.5 Å². The second-order valence-corrected chi connectivity index (χ2v) is 5.13. The minimum Gasteiger partial charge on any atom is -0.496 e. The van der Waals surface area contributed by atoms with Crippen LogP contribution in [0.4, 0.5) is 5.69 Å². The number of carbonyl (C=O) groups excluding carboxylic acids is 2. The zero-order valence-electron chi connectivity index (χ0n) is 14.1. The minimum atomic E-state index is -1.07. The SMILES string of the molecule is COc1ccccc1C(=O)NNC(=O)C(C)Oc1ccccc1[N+](=O)[O-]. The summed E-state index contributed by atoms with van der Waals surface area (Å²) in [5.41, 5.74) is 4.44. The summed E-state index contributed by atoms with van der Waals surface area (Å²) in [7, 11) is 1.42. The number of ether oxygens (including phenoxy) is 2. The molecule has 9 nitrogen and oxygen atoms in total. The fourth-order valence-electron chi connectivity index (χ4n) is 2.07. The Morgan fingerprint density at radius 1 is 1.04 bits per heavy atom. The maximum Gasteiger partial charge on any atom is 0.310 e. The van der Waals surface area contributed by atoms with E-state index in [2.05, 4.69) is 10.9 Å². The fourth-order valence-corrected chi connectivity index (χ4v) is 2.07. The number of benzene rings is 2. The molecular weight excluding hydrogens is 342 g/mol. The highest BCUT2D eigenvalue weighted by Gasteiger charge is 2.21. The minimum absolute atomic E-state index is 0.0452. The Kier molecular flexibility index (Phi) is 6.10. The van der Waals surface area contributed by atoms with Gasteiger partial charge >= 0.3 is 5.69 Å². The molecule has 0 saturated heterocycles. The first-order valence-electron chi connectivity index (χ1n) is 7.57. The molecule has 2 amide bonds. The van der Waals surface area contributed by atoms with Crippen LogP contribution in [0.2, 0.25) is 0 Å². The topological polar surface area (TPSA) is 120 Å². The lowest BCUT2D eigenvalue weighted by Gasteiger charge is -2.15. The molecule has 0 fully saturated rings. The number of nitrogens with one attached hydrogen (secondary N) is 2. The fraction of sp³-hybridized carbons (Fsp3) is 0.176. The molecule has 0 aromatic heterocycles. The lowest BCUT2D eigenvalue weighted by Crippen LogP contribution is -2.47. The highest BCUT2D eigenvalue weighted by atomic mass is 16.6. The van der Waals surface area contributed by atoms with E-state index in [1.54, 1.807) is 24.3 Å². The van der Waals surface area contributed by atoms with Crippen molar-refractivity contribution in [3.8, 4) is 11.5 Å². The largest absolute Gasteiger partial charge is 0.496 e. The molecule has 0 bridgehead atoms. The van der Waals surface area contributed by atoms with Crippen LogP contribution in [0, 0.1) is 10.1 Å². The van der Waals surface area contributed by atoms with Gasteiger partial charge in [-0.25, -0.2) is 0 Å². The Morgan fingerprint density at radius 2 is 1.65 bits per heavy atom. The van der Waals surface area contributed by atoms with Crippen molar-refractivity contribution in [3.63, 3.8) is 0 Å². The van der Waals surface area contributed by atoms with E-state index in [4.69, 9.17) is 9.47 Å². The quantitative estimate of drug-likeness (QED) is 0.600. The Labute approximate surface area is 149 Å². The molecule has 136 valence electrons. The van der Waals surface area contributed by atoms with Crippen LogP contribution in [0.3, 0.4) is 0 Å². The molecule has 0 aliphatic carbocycles. The lowest BCUT2D eigenvalue weighted by atomic mass is 10.2. The number of hydrogen-bond donors (Lipinski definition) is 2. The molecule has 0 aliphatic heterocycles. The summed E-state index contributed by atoms with van der Waals surface area (Å²) in [6, 6.07) is 12.2. The molecule has 2 rings (SSSR count). The van der Waals surface area contributed by atoms with Crippen LogP contribution in [0.15, 0.2) is 48.5 Å². The van der Waals surface area contributed by atoms with Crippen molar-refractivity contribution in [1.82, 2.24) is 10.9 Å². The van der Waals surface area contributed by atoms with Gasteiger partial charge in [-0.15, -0.1) is 0 Å². The molecule has 1 atom stereocenters. The third kappa shape index (κ3) is 4.47. The summed E-state index contributed by atoms with van der Waals surface area (Å²) >= 11 is 0. The molecule has 26 heavy (non-hydrogen) atoms. The van der Waals surface area contributed by atoms with Crippen molar-refractivity contribution in [2.45, 2.75) is 13.0 Å². The standard InChI is InChI=1S/C17H17N3O6/c1-11(26-15-10-6-4-8-13(15)20(23)24)16(21)18-19-17(22)12-7-3-5-9-14(12)25-2/h3-11H,1-2H3,(H,18,21)(H,19,22). The number of amides is 2. The smallest absolute Gasteiger partial charge is 0.310 e. The Hall–Kier alpha value is -3.62. The van der Waals surface area contributed by atoms with E-state index in [-0.39, 0.29) is 17.0 Å². The Morgan fingerprint density at radius 3 is 2.31 bits per heavy atom. The Balaban J connectivity index is 1.97. The first-order valence-corrected chi connectivity index (χ1v) is 7.57. The summed E-state index contributed by atoms with van der Waals surface area (Å²) in [4.78, 5) is 34.5. The van der Waals surface area contributed by atoms with Gasteiger partial charge in [-0.05, 0) is 25.1 Å². The maximum absolute atomic E-state index is 12.1. The predicted octanol–water partition coefficient (Wildman–Crippen LogP) is 1.83. The van der Waals surface area contributed by atoms with Gasteiger partial charge in [0.2, 0.25) is 0 Å². The number of para-hydroxylation sites is 3. The van der Waals surface area contributed by atoms with Crippen LogP contribution in [0.1, 0.15) is 17.3 Å². The average Bonchev–Trinajstić information content (AvgIpc) is 2.65. The van der Waals surface area contributed by atoms with Crippen LogP contribution in [0.25, 0.3) is 0 Å². The van der Waals surface area contributed by atoms with E-state index in [1.807, 2.05) is 0 Å². The van der Waals surface area contributed by atoms with Crippen molar-refractivity contribution in [1.29, 1.82) is 0 Å². The van der Waals surface area contributed by atoms with Crippen molar-refractivity contribution in [2.24, 2.45) is 0 Å². The van der Waals surface area contributed by atoms with E-state index in [0.29, 0.717) is 5.75 Å². The summed E-state index contributed by atoms with van der Waals surface area (Å²) in [5, 5.41) is 11.0. The molecule has 2 aromatic rings. The highest BCUT2D eigenvalue weighted by Crippen LogP contribution is 2.26. The molecule has 9 heteroatoms. The lowest BCUT2D eigenvalue weighted by molar-refractivity contribution is -0.386. The summed E-state index contributed by atoms with van der Waals surface area (Å²) in [6.45, 7) is 1.40. The second kappa shape index (κ2) is 8.47. The number of methoxy groups -OCH3 is 1. The summed E-state index contributed by atoms with van der Waals surface area (Å²) in [6.07, 6.45) is -1.07. The van der Waals surface area contributed by atoms with Crippen molar-refractivity contribution >= 4 is 17.5 Å². The Bertz CT molecular complexity index is 824. The van der Waals surface area contributed by atoms with Gasteiger partial charge in [-0.2, -0.15) is 0 Å². The van der Waals surface area contributed by atoms with Gasteiger partial charge in [-0.1, -0.05) is 24.3 Å². The molecule has 2 N–H and O–H groups in total. The van der Waals surface area contributed by atoms with Crippen molar-refractivity contribution < 1.29 is 24.0 Å². The third-order valence-electron chi connectivity index (χ3n) is 3.39. The first-order chi connectivity index (χ1) is 12.4. The van der Waals surface area contributed by atoms with E-state index in [0.717, 1.165) is 0 Å². The number of hydrazine groups is 1. The average molecular weight is 359 g/mol. The van der Waals surface area contributed by atoms with Gasteiger partial charge in [0.1, 0.15) is 5.75 Å². The van der Waals surface area contributed by atoms with Gasteiger partial charge in [0.15, 0.2) is 11.9 Å². The van der Waals surface area contributed by atoms with Gasteiger partial charge in [-0.3, -0.25) is 30.6 Å². The van der Waals surface area contributed by atoms with E-state index >= 15 is 0 Å². The molecule has 2 aromatic carbocycles. The predicted molar refractivity (Wildman–Crippen MR) is 91.8 cm³/mol. The highest BCUT2D eigenvalue weighted by molar-refractivity contribution is 5.98. The number of nitro groups is 1. The molecule has 0 radical (unpaired) electrons. The maximum atomic E-state index is 12.1. The van der Waals surface area contributed by atoms with Crippen LogP contribution in [-0.2, 0) is 4.79 Å². The molecule has 1 unspecified atom stereocenters. The number of hydrogen-bond acceptors (Lipinski definition) is 6. The molecule has 0 heterocycles. The summed E-state index contributed by atoms with van der Waals surface area (Å²) in [5.74, 6) is -0.945. The zero-order chi connectivity index (χ0) is 19.1. The number of nitrogens with zero attached hydrogens (tertiary/aromatic N) is 1. The van der Waals surface area contributed by atoms with Gasteiger partial charge in [0, 0.05) is 6.07 Å². The van der Waals surface area contributed by atoms with Gasteiger partial charge < -0.3 is 9.47 Å². The van der Waals surface area contributed by atoms with Crippen LogP contribution >= 0.6 is 0 Å². The third-order valence-corrected chi connectivity index (χ3v) is 3.39. The van der Waals surface area contributed by atoms with E-state index in [1.165, 1.54) is 38.3 Å². The molecule has 0 saturated carbocycles. The van der Waals surface area contributed by atoms with Crippen molar-refractivity contribution in [3.05, 3.63) is 64.2 Å². The monoisotopic (exact) mass is 359 g/mol. The van der Waals surface area contributed by atoms with E-state index < -0.39 is 22.8 Å². The normalized spacial score (nSPS) is 11.2. The van der Waals surface area contributed by atoms with Crippen molar-refractivity contribution in [2.75, 3.05) is 7.11 Å². The zero-order valence-corrected chi connectivity index (χ0v) is 14.1. The molecular formula is C17H17N3O6. The number of carbonyl (C=O) groups is 2. The van der Waals surface area contributed by atoms with Crippen LogP contribution < -0.4 is 20.3 Å². The molecule has 0 aliphatic rings. The van der Waals surface area contributed by atoms with Gasteiger partial charge in [0.05, 0.1) is 17.6 Å². The van der Waals surface area contributed by atoms with Gasteiger partial charge in [0.25, 0.3) is 11.8 Å². The molecule has 0 spiro atoms. The summed E-state index contributed by atoms with van der Waals surface area (Å²) < 4.78 is 10.4. The van der Waals surface area contributed by atoms with Crippen LogP contribution in [-0.4, -0.2) is 30.0 Å².